The molecule has 0 atom stereocenters. The van der Waals surface area contributed by atoms with Gasteiger partial charge in [-0.3, -0.25) is 10.1 Å². The van der Waals surface area contributed by atoms with Gasteiger partial charge in [0.15, 0.2) is 0 Å². The zero-order valence-electron chi connectivity index (χ0n) is 11.8. The molecule has 1 N–H and O–H groups in total. The molecule has 19 heavy (non-hydrogen) atoms. The first-order valence-corrected chi connectivity index (χ1v) is 7.79. The maximum atomic E-state index is 10.9. The van der Waals surface area contributed by atoms with Gasteiger partial charge in [0.05, 0.1) is 4.92 Å². The Morgan fingerprint density at radius 2 is 2.16 bits per heavy atom. The molecule has 0 spiro atoms. The number of anilines is 1. The van der Waals surface area contributed by atoms with Crippen LogP contribution in [0.1, 0.15) is 32.8 Å². The quantitative estimate of drug-likeness (QED) is 0.438. The van der Waals surface area contributed by atoms with Gasteiger partial charge < -0.3 is 5.32 Å². The van der Waals surface area contributed by atoms with Gasteiger partial charge in [0.2, 0.25) is 0 Å². The van der Waals surface area contributed by atoms with E-state index in [1.807, 2.05) is 30.8 Å². The highest BCUT2D eigenvalue weighted by molar-refractivity contribution is 7.98. The molecule has 1 rings (SSSR count). The lowest BCUT2D eigenvalue weighted by molar-refractivity contribution is -0.384. The lowest BCUT2D eigenvalue weighted by Crippen LogP contribution is -2.02. The van der Waals surface area contributed by atoms with Crippen LogP contribution in [-0.2, 0) is 5.75 Å². The Balaban J connectivity index is 2.64. The second kappa shape index (κ2) is 8.04. The van der Waals surface area contributed by atoms with E-state index in [0.717, 1.165) is 23.0 Å². The average molecular weight is 282 g/mol. The van der Waals surface area contributed by atoms with Gasteiger partial charge in [-0.15, -0.1) is 0 Å². The van der Waals surface area contributed by atoms with Crippen LogP contribution >= 0.6 is 11.8 Å². The molecule has 4 nitrogen and oxygen atoms in total. The number of hydrogen-bond acceptors (Lipinski definition) is 4. The van der Waals surface area contributed by atoms with Crippen LogP contribution in [0.5, 0.6) is 0 Å². The van der Waals surface area contributed by atoms with Gasteiger partial charge in [-0.25, -0.2) is 0 Å². The van der Waals surface area contributed by atoms with Gasteiger partial charge in [-0.2, -0.15) is 11.8 Å². The molecule has 0 saturated carbocycles. The Bertz CT molecular complexity index is 422. The molecule has 0 amide bonds. The third kappa shape index (κ3) is 5.51. The SMILES string of the molecule is CCNc1cc(CSCCC(C)C)ccc1[N+](=O)[O-]. The zero-order chi connectivity index (χ0) is 14.3. The van der Waals surface area contributed by atoms with Gasteiger partial charge >= 0.3 is 0 Å². The van der Waals surface area contributed by atoms with E-state index in [0.29, 0.717) is 12.2 Å². The van der Waals surface area contributed by atoms with Crippen LogP contribution in [0.15, 0.2) is 18.2 Å². The average Bonchev–Trinajstić information content (AvgIpc) is 2.35. The highest BCUT2D eigenvalue weighted by Crippen LogP contribution is 2.27. The largest absolute Gasteiger partial charge is 0.380 e. The normalized spacial score (nSPS) is 10.7. The van der Waals surface area contributed by atoms with E-state index < -0.39 is 0 Å². The fourth-order valence-electron chi connectivity index (χ4n) is 1.67. The van der Waals surface area contributed by atoms with Crippen LogP contribution in [0.2, 0.25) is 0 Å². The third-order valence-electron chi connectivity index (χ3n) is 2.73. The Labute approximate surface area is 119 Å². The summed E-state index contributed by atoms with van der Waals surface area (Å²) in [6.45, 7) is 7.06. The van der Waals surface area contributed by atoms with Gasteiger partial charge in [0.1, 0.15) is 5.69 Å². The molecule has 5 heteroatoms. The first kappa shape index (κ1) is 15.8. The van der Waals surface area contributed by atoms with Crippen molar-refractivity contribution >= 4 is 23.1 Å². The number of thioether (sulfide) groups is 1. The Kier molecular flexibility index (Phi) is 6.70. The number of rotatable bonds is 8. The van der Waals surface area contributed by atoms with Crippen LogP contribution < -0.4 is 5.32 Å². The molecule has 0 saturated heterocycles. The number of nitrogens with one attached hydrogen (secondary N) is 1. The van der Waals surface area contributed by atoms with Crippen molar-refractivity contribution in [3.63, 3.8) is 0 Å². The van der Waals surface area contributed by atoms with E-state index in [2.05, 4.69) is 19.2 Å². The number of nitrogens with zero attached hydrogens (tertiary/aromatic N) is 1. The fraction of sp³-hybridized carbons (Fsp3) is 0.571. The number of nitro benzene ring substituents is 1. The van der Waals surface area contributed by atoms with Crippen molar-refractivity contribution in [2.24, 2.45) is 5.92 Å². The van der Waals surface area contributed by atoms with Crippen molar-refractivity contribution in [2.45, 2.75) is 32.9 Å². The summed E-state index contributed by atoms with van der Waals surface area (Å²) < 4.78 is 0. The van der Waals surface area contributed by atoms with Crippen molar-refractivity contribution in [3.05, 3.63) is 33.9 Å². The molecule has 0 aromatic heterocycles. The predicted molar refractivity (Wildman–Crippen MR) is 82.9 cm³/mol. The maximum Gasteiger partial charge on any atom is 0.292 e. The summed E-state index contributed by atoms with van der Waals surface area (Å²) in [6.07, 6.45) is 1.21. The minimum absolute atomic E-state index is 0.151. The van der Waals surface area contributed by atoms with Crippen molar-refractivity contribution in [3.8, 4) is 0 Å². The molecule has 0 fully saturated rings. The molecule has 0 radical (unpaired) electrons. The summed E-state index contributed by atoms with van der Waals surface area (Å²) in [5, 5.41) is 14.0. The topological polar surface area (TPSA) is 55.2 Å². The van der Waals surface area contributed by atoms with Crippen LogP contribution in [0.3, 0.4) is 0 Å². The summed E-state index contributed by atoms with van der Waals surface area (Å²) >= 11 is 1.88. The molecule has 0 heterocycles. The second-order valence-corrected chi connectivity index (χ2v) is 5.98. The van der Waals surface area contributed by atoms with Crippen LogP contribution in [0.25, 0.3) is 0 Å². The number of nitro groups is 1. The fourth-order valence-corrected chi connectivity index (χ4v) is 2.87. The smallest absolute Gasteiger partial charge is 0.292 e. The Morgan fingerprint density at radius 3 is 2.74 bits per heavy atom. The van der Waals surface area contributed by atoms with Crippen LogP contribution in [0.4, 0.5) is 11.4 Å². The summed E-state index contributed by atoms with van der Waals surface area (Å²) in [7, 11) is 0. The van der Waals surface area contributed by atoms with Crippen molar-refractivity contribution in [1.82, 2.24) is 0 Å². The van der Waals surface area contributed by atoms with Crippen molar-refractivity contribution < 1.29 is 4.92 Å². The van der Waals surface area contributed by atoms with Gasteiger partial charge in [-0.05, 0) is 36.6 Å². The van der Waals surface area contributed by atoms with E-state index in [1.165, 1.54) is 6.42 Å². The molecule has 0 aliphatic rings. The van der Waals surface area contributed by atoms with E-state index >= 15 is 0 Å². The molecule has 0 bridgehead atoms. The maximum absolute atomic E-state index is 10.9. The molecule has 106 valence electrons. The van der Waals surface area contributed by atoms with Crippen molar-refractivity contribution in [1.29, 1.82) is 0 Å². The summed E-state index contributed by atoms with van der Waals surface area (Å²) in [4.78, 5) is 10.6. The van der Waals surface area contributed by atoms with Gasteiger partial charge in [0.25, 0.3) is 5.69 Å². The summed E-state index contributed by atoms with van der Waals surface area (Å²) in [5.41, 5.74) is 1.91. The number of hydrogen-bond donors (Lipinski definition) is 1. The van der Waals surface area contributed by atoms with Crippen LogP contribution in [0, 0.1) is 16.0 Å². The molecular weight excluding hydrogens is 260 g/mol. The minimum Gasteiger partial charge on any atom is -0.380 e. The molecule has 0 aliphatic carbocycles. The van der Waals surface area contributed by atoms with E-state index in [4.69, 9.17) is 0 Å². The van der Waals surface area contributed by atoms with Gasteiger partial charge in [0, 0.05) is 18.4 Å². The lowest BCUT2D eigenvalue weighted by atomic mass is 10.2. The zero-order valence-corrected chi connectivity index (χ0v) is 12.6. The molecule has 1 aromatic carbocycles. The third-order valence-corrected chi connectivity index (χ3v) is 3.79. The summed E-state index contributed by atoms with van der Waals surface area (Å²) in [5.74, 6) is 2.76. The standard InChI is InChI=1S/C14H22N2O2S/c1-4-15-13-9-12(5-6-14(13)16(17)18)10-19-8-7-11(2)3/h5-6,9,11,15H,4,7-8,10H2,1-3H3. The first-order valence-electron chi connectivity index (χ1n) is 6.63. The van der Waals surface area contributed by atoms with Gasteiger partial charge in [-0.1, -0.05) is 19.9 Å². The number of benzene rings is 1. The lowest BCUT2D eigenvalue weighted by Gasteiger charge is -2.08. The van der Waals surface area contributed by atoms with E-state index in [1.54, 1.807) is 6.07 Å². The molecule has 0 aliphatic heterocycles. The predicted octanol–water partition coefficient (Wildman–Crippen LogP) is 4.31. The second-order valence-electron chi connectivity index (χ2n) is 4.87. The Hall–Kier alpha value is -1.23. The van der Waals surface area contributed by atoms with E-state index in [9.17, 15) is 10.1 Å². The summed E-state index contributed by atoms with van der Waals surface area (Å²) in [6, 6.07) is 5.34. The Morgan fingerprint density at radius 1 is 1.42 bits per heavy atom. The molecule has 0 unspecified atom stereocenters. The monoisotopic (exact) mass is 282 g/mol. The highest BCUT2D eigenvalue weighted by atomic mass is 32.2. The van der Waals surface area contributed by atoms with Crippen molar-refractivity contribution in [2.75, 3.05) is 17.6 Å². The first-order chi connectivity index (χ1) is 9.04. The highest BCUT2D eigenvalue weighted by Gasteiger charge is 2.13. The molecular formula is C14H22N2O2S. The molecule has 1 aromatic rings. The minimum atomic E-state index is -0.340. The van der Waals surface area contributed by atoms with E-state index in [-0.39, 0.29) is 10.6 Å². The van der Waals surface area contributed by atoms with Crippen LogP contribution in [-0.4, -0.2) is 17.2 Å².